The number of rotatable bonds is 5. The largest absolute Gasteiger partial charge is 0.462 e. The van der Waals surface area contributed by atoms with Gasteiger partial charge in [0.05, 0.1) is 18.5 Å². The zero-order valence-corrected chi connectivity index (χ0v) is 17.0. The minimum Gasteiger partial charge on any atom is -0.462 e. The van der Waals surface area contributed by atoms with Crippen LogP contribution >= 0.6 is 15.9 Å². The average molecular weight is 483 g/mol. The normalized spacial score (nSPS) is 11.2. The number of nitrogens with zero attached hydrogens (tertiary/aromatic N) is 3. The number of nitrogens with one attached hydrogen (secondary N) is 1. The van der Waals surface area contributed by atoms with Crippen molar-refractivity contribution in [2.45, 2.75) is 13.1 Å². The van der Waals surface area contributed by atoms with E-state index >= 15 is 0 Å². The van der Waals surface area contributed by atoms with Gasteiger partial charge in [-0.2, -0.15) is 18.3 Å². The molecule has 0 aliphatic rings. The first kappa shape index (κ1) is 21.5. The molecular formula is C19H14BrF3N4O3. The van der Waals surface area contributed by atoms with Crippen LogP contribution in [0.3, 0.4) is 0 Å². The molecule has 0 atom stereocenters. The first-order chi connectivity index (χ1) is 14.2. The number of carbonyl (C=O) groups is 2. The number of halogens is 4. The number of aromatic nitrogens is 3. The molecule has 30 heavy (non-hydrogen) atoms. The summed E-state index contributed by atoms with van der Waals surface area (Å²) in [5, 5.41) is 6.27. The fourth-order valence-electron chi connectivity index (χ4n) is 2.57. The first-order valence-electron chi connectivity index (χ1n) is 8.56. The third-order valence-corrected chi connectivity index (χ3v) is 4.35. The third-order valence-electron chi connectivity index (χ3n) is 3.88. The molecule has 0 radical (unpaired) electrons. The Balaban J connectivity index is 1.88. The van der Waals surface area contributed by atoms with E-state index in [-0.39, 0.29) is 17.9 Å². The molecule has 11 heteroatoms. The number of ether oxygens (including phenoxy) is 1. The lowest BCUT2D eigenvalue weighted by Gasteiger charge is -2.13. The number of amides is 1. The molecule has 3 rings (SSSR count). The average Bonchev–Trinajstić information content (AvgIpc) is 3.16. The van der Waals surface area contributed by atoms with Crippen LogP contribution in [0.2, 0.25) is 0 Å². The molecule has 3 aromatic rings. The molecule has 0 aliphatic carbocycles. The minimum atomic E-state index is -4.85. The molecule has 1 aromatic carbocycles. The number of esters is 1. The van der Waals surface area contributed by atoms with E-state index in [2.05, 4.69) is 36.1 Å². The van der Waals surface area contributed by atoms with E-state index in [1.807, 2.05) is 0 Å². The summed E-state index contributed by atoms with van der Waals surface area (Å²) >= 11 is 3.23. The third kappa shape index (κ3) is 4.67. The summed E-state index contributed by atoms with van der Waals surface area (Å²) in [4.78, 5) is 28.2. The van der Waals surface area contributed by atoms with Gasteiger partial charge in [0.15, 0.2) is 5.69 Å². The van der Waals surface area contributed by atoms with Crippen LogP contribution in [0.15, 0.2) is 53.3 Å². The van der Waals surface area contributed by atoms with Gasteiger partial charge in [-0.3, -0.25) is 4.79 Å². The van der Waals surface area contributed by atoms with Crippen LogP contribution in [0.4, 0.5) is 19.0 Å². The van der Waals surface area contributed by atoms with Crippen LogP contribution in [0.1, 0.15) is 33.3 Å². The maximum absolute atomic E-state index is 13.6. The van der Waals surface area contributed by atoms with Gasteiger partial charge in [0, 0.05) is 16.2 Å². The van der Waals surface area contributed by atoms with Gasteiger partial charge in [-0.1, -0.05) is 0 Å². The Bertz CT molecular complexity index is 1060. The monoisotopic (exact) mass is 482 g/mol. The van der Waals surface area contributed by atoms with Gasteiger partial charge in [-0.15, -0.1) is 0 Å². The van der Waals surface area contributed by atoms with Crippen molar-refractivity contribution in [3.63, 3.8) is 0 Å². The number of hydrogen-bond donors (Lipinski definition) is 1. The predicted octanol–water partition coefficient (Wildman–Crippen LogP) is 4.48. The lowest BCUT2D eigenvalue weighted by molar-refractivity contribution is -0.143. The Morgan fingerprint density at radius 1 is 1.13 bits per heavy atom. The molecule has 0 unspecified atom stereocenters. The fraction of sp³-hybridized carbons (Fsp3) is 0.158. The zero-order valence-electron chi connectivity index (χ0n) is 15.4. The smallest absolute Gasteiger partial charge is 0.434 e. The molecule has 1 amide bonds. The maximum atomic E-state index is 13.6. The molecular weight excluding hydrogens is 469 g/mol. The van der Waals surface area contributed by atoms with Gasteiger partial charge < -0.3 is 10.1 Å². The van der Waals surface area contributed by atoms with Crippen LogP contribution in [0, 0.1) is 0 Å². The Hall–Kier alpha value is -3.21. The highest BCUT2D eigenvalue weighted by Crippen LogP contribution is 2.34. The summed E-state index contributed by atoms with van der Waals surface area (Å²) in [5.74, 6) is -1.29. The Morgan fingerprint density at radius 3 is 2.40 bits per heavy atom. The molecule has 0 bridgehead atoms. The Kier molecular flexibility index (Phi) is 6.20. The molecule has 0 aliphatic heterocycles. The van der Waals surface area contributed by atoms with Crippen LogP contribution in [0.25, 0.3) is 5.69 Å². The second kappa shape index (κ2) is 8.66. The molecule has 7 nitrogen and oxygen atoms in total. The van der Waals surface area contributed by atoms with Crippen molar-refractivity contribution in [2.24, 2.45) is 0 Å². The molecule has 156 valence electrons. The van der Waals surface area contributed by atoms with Gasteiger partial charge in [-0.25, -0.2) is 14.5 Å². The lowest BCUT2D eigenvalue weighted by Crippen LogP contribution is -2.18. The van der Waals surface area contributed by atoms with Crippen molar-refractivity contribution >= 4 is 33.6 Å². The molecule has 2 aromatic heterocycles. The molecule has 0 saturated carbocycles. The summed E-state index contributed by atoms with van der Waals surface area (Å²) in [6, 6.07) is 8.56. The number of pyridine rings is 1. The van der Waals surface area contributed by atoms with Crippen molar-refractivity contribution in [1.82, 2.24) is 14.8 Å². The summed E-state index contributed by atoms with van der Waals surface area (Å²) < 4.78 is 46.7. The summed E-state index contributed by atoms with van der Waals surface area (Å²) in [6.45, 7) is 1.42. The highest BCUT2D eigenvalue weighted by atomic mass is 79.9. The Morgan fingerprint density at radius 2 is 1.83 bits per heavy atom. The van der Waals surface area contributed by atoms with Crippen LogP contribution < -0.4 is 5.32 Å². The predicted molar refractivity (Wildman–Crippen MR) is 104 cm³/mol. The zero-order chi connectivity index (χ0) is 21.9. The SMILES string of the molecule is CCOC(=O)c1cnn(-c2ccc(C(=O)Nc3ccc(Br)cn3)cc2)c1C(F)(F)F. The highest BCUT2D eigenvalue weighted by Gasteiger charge is 2.41. The second-order valence-corrected chi connectivity index (χ2v) is 6.82. The number of benzene rings is 1. The van der Waals surface area contributed by atoms with E-state index in [9.17, 15) is 22.8 Å². The van der Waals surface area contributed by atoms with E-state index in [4.69, 9.17) is 0 Å². The van der Waals surface area contributed by atoms with E-state index in [1.165, 1.54) is 37.4 Å². The molecule has 0 spiro atoms. The number of alkyl halides is 3. The van der Waals surface area contributed by atoms with Gasteiger partial charge in [-0.05, 0) is 59.3 Å². The van der Waals surface area contributed by atoms with Crippen LogP contribution in [-0.2, 0) is 10.9 Å². The quantitative estimate of drug-likeness (QED) is 0.541. The van der Waals surface area contributed by atoms with Gasteiger partial charge >= 0.3 is 12.1 Å². The molecule has 0 saturated heterocycles. The summed E-state index contributed by atoms with van der Waals surface area (Å²) in [7, 11) is 0. The van der Waals surface area contributed by atoms with E-state index in [0.717, 1.165) is 10.7 Å². The van der Waals surface area contributed by atoms with Crippen molar-refractivity contribution < 1.29 is 27.5 Å². The standard InChI is InChI=1S/C19H14BrF3N4O3/c1-2-30-18(29)14-10-25-27(16(14)19(21,22)23)13-6-3-11(4-7-13)17(28)26-15-8-5-12(20)9-24-15/h3-10H,2H2,1H3,(H,24,26,28). The second-order valence-electron chi connectivity index (χ2n) is 5.90. The van der Waals surface area contributed by atoms with Crippen molar-refractivity contribution in [3.05, 3.63) is 70.1 Å². The molecule has 1 N–H and O–H groups in total. The Labute approximate surface area is 177 Å². The van der Waals surface area contributed by atoms with Crippen molar-refractivity contribution in [2.75, 3.05) is 11.9 Å². The summed E-state index contributed by atoms with van der Waals surface area (Å²) in [5.41, 5.74) is -1.71. The van der Waals surface area contributed by atoms with Crippen molar-refractivity contribution in [1.29, 1.82) is 0 Å². The first-order valence-corrected chi connectivity index (χ1v) is 9.35. The van der Waals surface area contributed by atoms with E-state index in [0.29, 0.717) is 10.5 Å². The lowest BCUT2D eigenvalue weighted by atomic mass is 10.2. The van der Waals surface area contributed by atoms with Crippen LogP contribution in [-0.4, -0.2) is 33.2 Å². The highest BCUT2D eigenvalue weighted by molar-refractivity contribution is 9.10. The van der Waals surface area contributed by atoms with Crippen molar-refractivity contribution in [3.8, 4) is 5.69 Å². The topological polar surface area (TPSA) is 86.1 Å². The summed E-state index contributed by atoms with van der Waals surface area (Å²) in [6.07, 6.45) is -2.53. The number of hydrogen-bond acceptors (Lipinski definition) is 5. The van der Waals surface area contributed by atoms with Gasteiger partial charge in [0.2, 0.25) is 0 Å². The van der Waals surface area contributed by atoms with Gasteiger partial charge in [0.1, 0.15) is 11.4 Å². The molecule has 2 heterocycles. The number of carbonyl (C=O) groups excluding carboxylic acids is 2. The minimum absolute atomic E-state index is 0.0243. The number of anilines is 1. The van der Waals surface area contributed by atoms with Crippen LogP contribution in [0.5, 0.6) is 0 Å². The fourth-order valence-corrected chi connectivity index (χ4v) is 2.80. The maximum Gasteiger partial charge on any atom is 0.434 e. The van der Waals surface area contributed by atoms with E-state index in [1.54, 1.807) is 12.1 Å². The molecule has 0 fully saturated rings. The van der Waals surface area contributed by atoms with Gasteiger partial charge in [0.25, 0.3) is 5.91 Å². The van der Waals surface area contributed by atoms with E-state index < -0.39 is 29.3 Å².